The zero-order valence-electron chi connectivity index (χ0n) is 8.96. The minimum Gasteiger partial charge on any atom is -0.396 e. The van der Waals surface area contributed by atoms with E-state index in [1.807, 2.05) is 14.1 Å². The molecule has 5 heteroatoms. The van der Waals surface area contributed by atoms with Crippen molar-refractivity contribution in [3.05, 3.63) is 24.0 Å². The van der Waals surface area contributed by atoms with Crippen LogP contribution in [0.1, 0.15) is 0 Å². The van der Waals surface area contributed by atoms with Crippen molar-refractivity contribution in [2.24, 2.45) is 0 Å². The van der Waals surface area contributed by atoms with Crippen molar-refractivity contribution in [1.82, 2.24) is 9.62 Å². The van der Waals surface area contributed by atoms with Crippen LogP contribution in [0.25, 0.3) is 0 Å². The highest BCUT2D eigenvalue weighted by molar-refractivity contribution is 7.97. The summed E-state index contributed by atoms with van der Waals surface area (Å²) in [6.07, 6.45) is 0. The maximum atomic E-state index is 13.0. The van der Waals surface area contributed by atoms with Crippen molar-refractivity contribution in [3.63, 3.8) is 0 Å². The second-order valence-electron chi connectivity index (χ2n) is 3.48. The van der Waals surface area contributed by atoms with Crippen molar-refractivity contribution < 1.29 is 4.39 Å². The highest BCUT2D eigenvalue weighted by Crippen LogP contribution is 2.19. The molecule has 84 valence electrons. The predicted octanol–water partition coefficient (Wildman–Crippen LogP) is 1.57. The lowest BCUT2D eigenvalue weighted by atomic mass is 10.3. The van der Waals surface area contributed by atoms with Crippen molar-refractivity contribution >= 4 is 17.6 Å². The molecule has 0 aliphatic carbocycles. The quantitative estimate of drug-likeness (QED) is 0.457. The minimum absolute atomic E-state index is 0.188. The van der Waals surface area contributed by atoms with Crippen LogP contribution in [0.3, 0.4) is 0 Å². The van der Waals surface area contributed by atoms with E-state index in [1.54, 1.807) is 12.1 Å². The van der Waals surface area contributed by atoms with Gasteiger partial charge in [-0.05, 0) is 44.2 Å². The van der Waals surface area contributed by atoms with Gasteiger partial charge in [0.05, 0.1) is 5.69 Å². The van der Waals surface area contributed by atoms with E-state index < -0.39 is 0 Å². The number of benzene rings is 1. The third kappa shape index (κ3) is 4.51. The third-order valence-corrected chi connectivity index (χ3v) is 2.66. The molecule has 0 saturated carbocycles. The van der Waals surface area contributed by atoms with E-state index in [0.29, 0.717) is 0 Å². The van der Waals surface area contributed by atoms with E-state index in [1.165, 1.54) is 18.0 Å². The SMILES string of the molecule is CN(C)CCNSc1ccc(N)c(F)c1. The molecule has 0 heterocycles. The highest BCUT2D eigenvalue weighted by Gasteiger charge is 2.00. The standard InChI is InChI=1S/C10H16FN3S/c1-14(2)6-5-13-15-8-3-4-10(12)9(11)7-8/h3-4,7,13H,5-6,12H2,1-2H3. The number of nitrogens with two attached hydrogens (primary N) is 1. The van der Waals surface area contributed by atoms with Gasteiger partial charge in [-0.2, -0.15) is 0 Å². The third-order valence-electron chi connectivity index (χ3n) is 1.82. The largest absolute Gasteiger partial charge is 0.396 e. The number of anilines is 1. The first-order chi connectivity index (χ1) is 7.09. The van der Waals surface area contributed by atoms with Crippen LogP contribution >= 0.6 is 11.9 Å². The first kappa shape index (κ1) is 12.3. The van der Waals surface area contributed by atoms with Gasteiger partial charge in [-0.25, -0.2) is 4.39 Å². The molecule has 0 bridgehead atoms. The van der Waals surface area contributed by atoms with Crippen molar-refractivity contribution in [2.75, 3.05) is 32.9 Å². The Labute approximate surface area is 94.0 Å². The van der Waals surface area contributed by atoms with E-state index in [-0.39, 0.29) is 11.5 Å². The summed E-state index contributed by atoms with van der Waals surface area (Å²) in [7, 11) is 4.02. The molecule has 0 aromatic heterocycles. The van der Waals surface area contributed by atoms with Gasteiger partial charge in [0.1, 0.15) is 5.82 Å². The summed E-state index contributed by atoms with van der Waals surface area (Å²) in [5.74, 6) is -0.366. The molecule has 0 fully saturated rings. The Morgan fingerprint density at radius 1 is 1.47 bits per heavy atom. The van der Waals surface area contributed by atoms with Gasteiger partial charge < -0.3 is 10.6 Å². The van der Waals surface area contributed by atoms with Crippen LogP contribution in [0, 0.1) is 5.82 Å². The topological polar surface area (TPSA) is 41.3 Å². The zero-order chi connectivity index (χ0) is 11.3. The molecular formula is C10H16FN3S. The molecule has 0 aliphatic heterocycles. The molecule has 1 aromatic rings. The summed E-state index contributed by atoms with van der Waals surface area (Å²) in [5, 5.41) is 0. The molecule has 3 nitrogen and oxygen atoms in total. The second-order valence-corrected chi connectivity index (χ2v) is 4.45. The number of hydrogen-bond donors (Lipinski definition) is 2. The van der Waals surface area contributed by atoms with E-state index >= 15 is 0 Å². The summed E-state index contributed by atoms with van der Waals surface area (Å²) in [6, 6.07) is 4.81. The predicted molar refractivity (Wildman–Crippen MR) is 63.2 cm³/mol. The molecule has 0 aliphatic rings. The monoisotopic (exact) mass is 229 g/mol. The molecule has 0 amide bonds. The van der Waals surface area contributed by atoms with Gasteiger partial charge in [0.2, 0.25) is 0 Å². The van der Waals surface area contributed by atoms with Gasteiger partial charge in [0.15, 0.2) is 0 Å². The van der Waals surface area contributed by atoms with E-state index in [2.05, 4.69) is 9.62 Å². The molecule has 15 heavy (non-hydrogen) atoms. The summed E-state index contributed by atoms with van der Waals surface area (Å²) >= 11 is 1.41. The van der Waals surface area contributed by atoms with E-state index in [9.17, 15) is 4.39 Å². The zero-order valence-corrected chi connectivity index (χ0v) is 9.77. The average Bonchev–Trinajstić information content (AvgIpc) is 2.18. The molecule has 0 saturated heterocycles. The van der Waals surface area contributed by atoms with E-state index in [0.717, 1.165) is 18.0 Å². The second kappa shape index (κ2) is 5.95. The number of nitrogens with one attached hydrogen (secondary N) is 1. The molecule has 1 rings (SSSR count). The Hall–Kier alpha value is -0.780. The number of nitrogens with zero attached hydrogens (tertiary/aromatic N) is 1. The molecule has 0 atom stereocenters. The summed E-state index contributed by atoms with van der Waals surface area (Å²) in [6.45, 7) is 1.80. The molecule has 3 N–H and O–H groups in total. The first-order valence-electron chi connectivity index (χ1n) is 4.69. The van der Waals surface area contributed by atoms with Crippen LogP contribution in [0.2, 0.25) is 0 Å². The number of nitrogen functional groups attached to an aromatic ring is 1. The lowest BCUT2D eigenvalue weighted by molar-refractivity contribution is 0.415. The minimum atomic E-state index is -0.366. The van der Waals surface area contributed by atoms with Gasteiger partial charge in [-0.15, -0.1) is 0 Å². The van der Waals surface area contributed by atoms with Crippen molar-refractivity contribution in [2.45, 2.75) is 4.90 Å². The van der Waals surface area contributed by atoms with Gasteiger partial charge >= 0.3 is 0 Å². The fourth-order valence-electron chi connectivity index (χ4n) is 0.975. The maximum Gasteiger partial charge on any atom is 0.147 e. The molecular weight excluding hydrogens is 213 g/mol. The maximum absolute atomic E-state index is 13.0. The van der Waals surface area contributed by atoms with Crippen LogP contribution in [-0.2, 0) is 0 Å². The fourth-order valence-corrected chi connectivity index (χ4v) is 1.63. The van der Waals surface area contributed by atoms with Crippen LogP contribution in [0.4, 0.5) is 10.1 Å². The lowest BCUT2D eigenvalue weighted by Gasteiger charge is -2.09. The number of rotatable bonds is 5. The van der Waals surface area contributed by atoms with Gasteiger partial charge in [-0.1, -0.05) is 0 Å². The van der Waals surface area contributed by atoms with E-state index in [4.69, 9.17) is 5.73 Å². The smallest absolute Gasteiger partial charge is 0.147 e. The van der Waals surface area contributed by atoms with Crippen molar-refractivity contribution in [1.29, 1.82) is 0 Å². The highest BCUT2D eigenvalue weighted by atomic mass is 32.2. The fraction of sp³-hybridized carbons (Fsp3) is 0.400. The Balaban J connectivity index is 2.35. The molecule has 0 unspecified atom stereocenters. The first-order valence-corrected chi connectivity index (χ1v) is 5.50. The number of hydrogen-bond acceptors (Lipinski definition) is 4. The normalized spacial score (nSPS) is 10.9. The van der Waals surface area contributed by atoms with Crippen LogP contribution < -0.4 is 10.5 Å². The molecule has 1 aromatic carbocycles. The van der Waals surface area contributed by atoms with Crippen molar-refractivity contribution in [3.8, 4) is 0 Å². The summed E-state index contributed by atoms with van der Waals surface area (Å²) < 4.78 is 16.2. The van der Waals surface area contributed by atoms with Gasteiger partial charge in [0, 0.05) is 18.0 Å². The summed E-state index contributed by atoms with van der Waals surface area (Å²) in [5.41, 5.74) is 5.56. The number of halogens is 1. The Bertz CT molecular complexity index is 318. The molecule has 0 spiro atoms. The average molecular weight is 229 g/mol. The van der Waals surface area contributed by atoms with Crippen LogP contribution in [0.15, 0.2) is 23.1 Å². The van der Waals surface area contributed by atoms with Crippen LogP contribution in [-0.4, -0.2) is 32.1 Å². The Kier molecular flexibility index (Phi) is 4.87. The summed E-state index contributed by atoms with van der Waals surface area (Å²) in [4.78, 5) is 2.91. The van der Waals surface area contributed by atoms with Crippen LogP contribution in [0.5, 0.6) is 0 Å². The Morgan fingerprint density at radius 2 is 2.20 bits per heavy atom. The van der Waals surface area contributed by atoms with Gasteiger partial charge in [0.25, 0.3) is 0 Å². The van der Waals surface area contributed by atoms with Gasteiger partial charge in [-0.3, -0.25) is 4.72 Å². The Morgan fingerprint density at radius 3 is 2.80 bits per heavy atom. The number of likely N-dealkylation sites (N-methyl/N-ethyl adjacent to an activating group) is 1. The molecule has 0 radical (unpaired) electrons. The lowest BCUT2D eigenvalue weighted by Crippen LogP contribution is -2.22.